The Balaban J connectivity index is 2.47. The molecule has 0 bridgehead atoms. The summed E-state index contributed by atoms with van der Waals surface area (Å²) in [5.74, 6) is 1.02. The van der Waals surface area contributed by atoms with Crippen molar-refractivity contribution in [2.75, 3.05) is 0 Å². The molecule has 0 spiro atoms. The fourth-order valence-electron chi connectivity index (χ4n) is 0.847. The molecule has 1 aromatic rings. The third-order valence-corrected chi connectivity index (χ3v) is 3.05. The van der Waals surface area contributed by atoms with E-state index < -0.39 is 0 Å². The molecule has 0 saturated heterocycles. The molecule has 0 amide bonds. The fraction of sp³-hybridized carbons (Fsp3) is 0. The van der Waals surface area contributed by atoms with Crippen molar-refractivity contribution in [2.24, 2.45) is 0 Å². The normalized spacial score (nSPS) is 14.0. The van der Waals surface area contributed by atoms with Crippen LogP contribution in [0.2, 0.25) is 0 Å². The van der Waals surface area contributed by atoms with Crippen LogP contribution in [0.4, 0.5) is 0 Å². The number of para-hydroxylation sites is 1. The van der Waals surface area contributed by atoms with Gasteiger partial charge in [0.1, 0.15) is 0 Å². The molecule has 0 fully saturated rings. The molecule has 0 radical (unpaired) electrons. The van der Waals surface area contributed by atoms with E-state index in [9.17, 15) is 0 Å². The Morgan fingerprint density at radius 1 is 1.20 bits per heavy atom. The molecule has 1 aliphatic heterocycles. The van der Waals surface area contributed by atoms with E-state index in [-0.39, 0.29) is 0 Å². The monoisotopic (exact) mass is 198 g/mol. The van der Waals surface area contributed by atoms with Gasteiger partial charge in [0.05, 0.1) is 0 Å². The van der Waals surface area contributed by atoms with E-state index >= 15 is 0 Å². The molecule has 0 aromatic heterocycles. The number of hydrogen-bond acceptors (Lipinski definition) is 1. The van der Waals surface area contributed by atoms with Gasteiger partial charge in [-0.3, -0.25) is 0 Å². The molecule has 0 N–H and O–H groups in total. The van der Waals surface area contributed by atoms with Gasteiger partial charge < -0.3 is 0 Å². The minimum absolute atomic E-state index is 0.481. The summed E-state index contributed by atoms with van der Waals surface area (Å²) in [6.07, 6.45) is 1.77. The summed E-state index contributed by atoms with van der Waals surface area (Å²) in [6, 6.07) is 8.15. The molecule has 1 heterocycles. The summed E-state index contributed by atoms with van der Waals surface area (Å²) in [6.45, 7) is 0. The van der Waals surface area contributed by atoms with E-state index in [1.807, 2.05) is 18.2 Å². The van der Waals surface area contributed by atoms with Crippen molar-refractivity contribution < 1.29 is 4.74 Å². The average molecular weight is 197 g/mol. The van der Waals surface area contributed by atoms with Crippen LogP contribution >= 0.6 is 0 Å². The molecule has 50 valence electrons. The van der Waals surface area contributed by atoms with Gasteiger partial charge in [-0.1, -0.05) is 0 Å². The first-order chi connectivity index (χ1) is 4.97. The Morgan fingerprint density at radius 2 is 2.10 bits per heavy atom. The third-order valence-electron chi connectivity index (χ3n) is 1.29. The van der Waals surface area contributed by atoms with Crippen molar-refractivity contribution in [3.8, 4) is 5.75 Å². The van der Waals surface area contributed by atoms with Crippen LogP contribution in [0.15, 0.2) is 35.5 Å². The van der Waals surface area contributed by atoms with Crippen LogP contribution in [0.3, 0.4) is 0 Å². The molecule has 0 atom stereocenters. The van der Waals surface area contributed by atoms with E-state index in [1.165, 1.54) is 4.46 Å². The molecular formula is C8H6OSe. The van der Waals surface area contributed by atoms with Gasteiger partial charge in [-0.05, 0) is 0 Å². The van der Waals surface area contributed by atoms with Crippen LogP contribution in [-0.2, 0) is 0 Å². The van der Waals surface area contributed by atoms with Crippen molar-refractivity contribution >= 4 is 19.4 Å². The fourth-order valence-corrected chi connectivity index (χ4v) is 2.20. The molecule has 2 heteroatoms. The maximum absolute atomic E-state index is 5.26. The van der Waals surface area contributed by atoms with E-state index in [0.717, 1.165) is 5.75 Å². The first kappa shape index (κ1) is 6.02. The van der Waals surface area contributed by atoms with Crippen LogP contribution in [0, 0.1) is 0 Å². The number of ether oxygens (including phenoxy) is 1. The van der Waals surface area contributed by atoms with Gasteiger partial charge >= 0.3 is 65.4 Å². The second-order valence-electron chi connectivity index (χ2n) is 1.95. The standard InChI is InChI=1S/C8H6OSe/c1-2-4-8-7(3-1)9-5-6-10-8/h1-6H. The zero-order valence-corrected chi connectivity index (χ0v) is 6.99. The molecular weight excluding hydrogens is 191 g/mol. The van der Waals surface area contributed by atoms with Crippen molar-refractivity contribution in [1.82, 2.24) is 0 Å². The first-order valence-electron chi connectivity index (χ1n) is 3.04. The molecule has 10 heavy (non-hydrogen) atoms. The zero-order chi connectivity index (χ0) is 6.81. The van der Waals surface area contributed by atoms with Crippen molar-refractivity contribution in [3.05, 3.63) is 35.5 Å². The van der Waals surface area contributed by atoms with Crippen molar-refractivity contribution in [3.63, 3.8) is 0 Å². The number of rotatable bonds is 0. The SMILES string of the molecule is C1=C[Se]c2ccccc2O1. The van der Waals surface area contributed by atoms with Crippen molar-refractivity contribution in [1.29, 1.82) is 0 Å². The molecule has 0 saturated carbocycles. The Bertz CT molecular complexity index is 241. The Labute approximate surface area is 65.9 Å². The third kappa shape index (κ3) is 0.961. The van der Waals surface area contributed by atoms with E-state index in [1.54, 1.807) is 6.26 Å². The molecule has 1 aliphatic rings. The summed E-state index contributed by atoms with van der Waals surface area (Å²) in [5, 5.41) is 0. The summed E-state index contributed by atoms with van der Waals surface area (Å²) >= 11 is 0.481. The minimum atomic E-state index is 0.481. The van der Waals surface area contributed by atoms with Gasteiger partial charge in [-0.15, -0.1) is 0 Å². The topological polar surface area (TPSA) is 9.23 Å². The molecule has 2 rings (SSSR count). The second-order valence-corrected chi connectivity index (χ2v) is 3.94. The Hall–Kier alpha value is -0.721. The van der Waals surface area contributed by atoms with Gasteiger partial charge in [0.25, 0.3) is 0 Å². The predicted octanol–water partition coefficient (Wildman–Crippen LogP) is 0.880. The number of hydrogen-bond donors (Lipinski definition) is 0. The number of benzene rings is 1. The average Bonchev–Trinajstić information content (AvgIpc) is 2.05. The van der Waals surface area contributed by atoms with E-state index in [2.05, 4.69) is 11.0 Å². The molecule has 1 nitrogen and oxygen atoms in total. The summed E-state index contributed by atoms with van der Waals surface area (Å²) in [4.78, 5) is 2.08. The van der Waals surface area contributed by atoms with Crippen molar-refractivity contribution in [2.45, 2.75) is 0 Å². The Kier molecular flexibility index (Phi) is 1.50. The van der Waals surface area contributed by atoms with Gasteiger partial charge in [-0.2, -0.15) is 0 Å². The quantitative estimate of drug-likeness (QED) is 0.561. The summed E-state index contributed by atoms with van der Waals surface area (Å²) in [5.41, 5.74) is 0. The summed E-state index contributed by atoms with van der Waals surface area (Å²) < 4.78 is 6.59. The molecule has 0 aliphatic carbocycles. The maximum atomic E-state index is 5.26. The van der Waals surface area contributed by atoms with Gasteiger partial charge in [0.2, 0.25) is 0 Å². The van der Waals surface area contributed by atoms with Gasteiger partial charge in [0, 0.05) is 0 Å². The predicted molar refractivity (Wildman–Crippen MR) is 41.6 cm³/mol. The zero-order valence-electron chi connectivity index (χ0n) is 5.28. The van der Waals surface area contributed by atoms with Crippen LogP contribution in [0.25, 0.3) is 0 Å². The molecule has 0 unspecified atom stereocenters. The Morgan fingerprint density at radius 3 is 3.00 bits per heavy atom. The van der Waals surface area contributed by atoms with Gasteiger partial charge in [-0.25, -0.2) is 0 Å². The van der Waals surface area contributed by atoms with Crippen LogP contribution in [-0.4, -0.2) is 15.0 Å². The van der Waals surface area contributed by atoms with E-state index in [4.69, 9.17) is 4.74 Å². The number of fused-ring (bicyclic) bond motifs is 1. The van der Waals surface area contributed by atoms with Gasteiger partial charge in [0.15, 0.2) is 0 Å². The molecule has 1 aromatic carbocycles. The van der Waals surface area contributed by atoms with Crippen LogP contribution in [0.5, 0.6) is 5.75 Å². The first-order valence-corrected chi connectivity index (χ1v) is 4.89. The van der Waals surface area contributed by atoms with Crippen LogP contribution in [0.1, 0.15) is 0 Å². The van der Waals surface area contributed by atoms with E-state index in [0.29, 0.717) is 15.0 Å². The summed E-state index contributed by atoms with van der Waals surface area (Å²) in [7, 11) is 0. The van der Waals surface area contributed by atoms with Crippen LogP contribution < -0.4 is 9.20 Å². The second kappa shape index (κ2) is 2.49.